The maximum absolute atomic E-state index is 14.4. The van der Waals surface area contributed by atoms with Gasteiger partial charge in [0.25, 0.3) is 0 Å². The second-order valence-electron chi connectivity index (χ2n) is 35.6. The van der Waals surface area contributed by atoms with E-state index >= 15 is 0 Å². The highest BCUT2D eigenvalue weighted by atomic mass is 32.2. The third kappa shape index (κ3) is 41.5. The molecule has 7 aromatic carbocycles. The molecule has 0 saturated heterocycles. The van der Waals surface area contributed by atoms with Crippen LogP contribution in [-0.2, 0) is 110 Å². The molecule has 0 aliphatic heterocycles. The Morgan fingerprint density at radius 3 is 0.956 bits per heavy atom. The molecule has 1 aliphatic carbocycles. The van der Waals surface area contributed by atoms with Crippen molar-refractivity contribution in [2.75, 3.05) is 43.4 Å². The number of sulfone groups is 3. The lowest BCUT2D eigenvalue weighted by Gasteiger charge is -2.32. The summed E-state index contributed by atoms with van der Waals surface area (Å²) >= 11 is 0. The van der Waals surface area contributed by atoms with Crippen LogP contribution >= 0.6 is 0 Å². The molecule has 0 aromatic heterocycles. The summed E-state index contributed by atoms with van der Waals surface area (Å²) in [4.78, 5) is 85.0. The van der Waals surface area contributed by atoms with E-state index in [1.54, 1.807) is 78.9 Å². The number of hydrogen-bond acceptors (Lipinski definition) is 21. The normalized spacial score (nSPS) is 14.2. The molecule has 7 aromatic rings. The van der Waals surface area contributed by atoms with Crippen LogP contribution in [0.4, 0.5) is 40.7 Å². The number of rotatable bonds is 55. The predicted molar refractivity (Wildman–Crippen MR) is 517 cm³/mol. The van der Waals surface area contributed by atoms with E-state index in [-0.39, 0.29) is 100 Å². The second-order valence-corrected chi connectivity index (χ2v) is 42.6. The van der Waals surface area contributed by atoms with Gasteiger partial charge in [-0.3, -0.25) is 14.4 Å². The number of aryl methyl sites for hydroxylation is 1. The molecule has 0 spiro atoms. The number of aliphatic hydroxyl groups is 3. The van der Waals surface area contributed by atoms with E-state index in [0.717, 1.165) is 66.6 Å². The molecule has 1 saturated carbocycles. The van der Waals surface area contributed by atoms with Gasteiger partial charge >= 0.3 is 18.3 Å². The molecule has 0 radical (unpaired) electrons. The number of ether oxygens (including phenoxy) is 3. The van der Waals surface area contributed by atoms with Gasteiger partial charge in [-0.1, -0.05) is 216 Å². The Labute approximate surface area is 804 Å². The van der Waals surface area contributed by atoms with Gasteiger partial charge in [-0.25, -0.2) is 66.0 Å². The van der Waals surface area contributed by atoms with Crippen LogP contribution in [0.1, 0.15) is 203 Å². The minimum absolute atomic E-state index is 0.0321. The Morgan fingerprint density at radius 1 is 0.372 bits per heavy atom. The number of nitrogens with two attached hydrogens (primary N) is 3. The Morgan fingerprint density at radius 2 is 0.657 bits per heavy atom. The van der Waals surface area contributed by atoms with Crippen molar-refractivity contribution in [3.05, 3.63) is 249 Å². The van der Waals surface area contributed by atoms with Crippen LogP contribution in [0.25, 0.3) is 0 Å². The summed E-state index contributed by atoms with van der Waals surface area (Å²) in [6, 6.07) is 35.3. The van der Waals surface area contributed by atoms with Crippen LogP contribution in [-0.4, -0.2) is 211 Å². The minimum Gasteiger partial charge on any atom is -0.445 e. The number of halogens is 6. The van der Waals surface area contributed by atoms with Gasteiger partial charge in [-0.2, -0.15) is 0 Å². The zero-order valence-corrected chi connectivity index (χ0v) is 82.4. The summed E-state index contributed by atoms with van der Waals surface area (Å²) in [5.74, 6) is -8.58. The fraction of sp³-hybridized carbons (Fsp3) is 0.525. The average molecular weight is 1980 g/mol. The van der Waals surface area contributed by atoms with E-state index in [1.165, 1.54) is 14.7 Å². The van der Waals surface area contributed by atoms with E-state index in [0.29, 0.717) is 119 Å². The van der Waals surface area contributed by atoms with Gasteiger partial charge in [0, 0.05) is 75.1 Å². The molecule has 9 atom stereocenters. The number of amides is 6. The molecule has 27 nitrogen and oxygen atoms in total. The SMILES string of the molecule is CCCC(CCC)S(=O)(=O)CC(NC(=O)OCc1ccccc1)C(=O)N(CCC(C)C)C[C@@H](O)[C@@H](N)Cc1cc(F)cc(F)c1.CCCC(CCC)S(=O)(=O)CC(NC(=O)OCc1ccccc1)C(=O)N(C[C@@H](O)[C@@H](N)Cc1cc(F)cc(F)c1)C1CC1.CCCC(CCC)S(=O)(=O)CC(NC(=O)OCc1ccccc1)C(=O)N(Cc1cccc(CC)c1)C[C@@H](O)[C@@H](N)Cc1cc(F)cc(F)c1. The van der Waals surface area contributed by atoms with Crippen LogP contribution in [0.3, 0.4) is 0 Å². The van der Waals surface area contributed by atoms with Gasteiger partial charge in [0.2, 0.25) is 17.7 Å². The molecule has 1 fully saturated rings. The Hall–Kier alpha value is -10.1. The van der Waals surface area contributed by atoms with Crippen molar-refractivity contribution in [1.82, 2.24) is 30.7 Å². The van der Waals surface area contributed by atoms with Crippen molar-refractivity contribution in [2.24, 2.45) is 23.1 Å². The highest BCUT2D eigenvalue weighted by molar-refractivity contribution is 7.92. The molecule has 758 valence electrons. The lowest BCUT2D eigenvalue weighted by molar-refractivity contribution is -0.135. The molecule has 0 bridgehead atoms. The van der Waals surface area contributed by atoms with E-state index in [1.807, 2.05) is 98.7 Å². The zero-order chi connectivity index (χ0) is 101. The van der Waals surface area contributed by atoms with E-state index in [4.69, 9.17) is 31.4 Å². The molecular weight excluding hydrogens is 1840 g/mol. The molecule has 137 heavy (non-hydrogen) atoms. The smallest absolute Gasteiger partial charge is 0.408 e. The van der Waals surface area contributed by atoms with Crippen molar-refractivity contribution in [1.29, 1.82) is 0 Å². The first-order valence-corrected chi connectivity index (χ1v) is 52.4. The van der Waals surface area contributed by atoms with E-state index < -0.39 is 188 Å². The van der Waals surface area contributed by atoms with Gasteiger partial charge in [0.15, 0.2) is 29.5 Å². The third-order valence-corrected chi connectivity index (χ3v) is 30.2. The standard InChI is InChI=1S/C37H49F2N3O6S.C33H49F2N3O6S.C31H43F2N3O6S/c1-4-11-32(12-5-2)49(46,47)25-34(41-37(45)48-24-27-13-8-7-9-14-27)36(44)42(22-28-16-10-15-26(6-3)17-28)23-35(43)33(40)20-29-18-30(38)21-31(39)19-29;1-5-10-28(11-6-2)45(42,43)22-30(37-33(41)44-21-24-12-8-7-9-13-24)32(40)38(15-14-23(3)4)20-31(39)29(36)18-25-16-26(34)19-27(35)17-25;1-3-8-26(9-4-2)43(40,41)20-28(35-31(39)42-19-21-10-6-5-7-11-21)30(38)36(25-12-13-25)18-29(37)27(34)16-22-14-23(32)17-24(33)15-22/h7-10,13-19,21,32-35,43H,4-6,11-12,20,22-25,40H2,1-3H3,(H,41,45);7-9,12-13,16-17,19,23,28-31,39H,5-6,10-11,14-15,18,20-22,36H2,1-4H3,(H,37,41);5-7,10-11,14-15,17,25-29,37H,3-4,8-9,12-13,16,18-20,34H2,1-2H3,(H,35,39)/t33-,34?,35+;29-,30?,31+;27-,28?,29+/m000/s1. The Kier molecular flexibility index (Phi) is 49.6. The van der Waals surface area contributed by atoms with Gasteiger partial charge in [0.05, 0.1) is 51.3 Å². The first-order chi connectivity index (χ1) is 65.0. The number of carbonyl (C=O) groups is 6. The maximum Gasteiger partial charge on any atom is 0.408 e. The first-order valence-electron chi connectivity index (χ1n) is 47.2. The van der Waals surface area contributed by atoms with Gasteiger partial charge in [-0.05, 0) is 170 Å². The average Bonchev–Trinajstić information content (AvgIpc) is 1.05. The zero-order valence-electron chi connectivity index (χ0n) is 80.0. The minimum atomic E-state index is -3.89. The van der Waals surface area contributed by atoms with Crippen molar-refractivity contribution < 1.29 is 110 Å². The fourth-order valence-corrected chi connectivity index (χ4v) is 22.3. The molecular formula is C101H141F6N9O18S3. The number of nitrogens with one attached hydrogen (secondary N) is 3. The second kappa shape index (κ2) is 58.7. The summed E-state index contributed by atoms with van der Waals surface area (Å²) in [7, 11) is -11.5. The van der Waals surface area contributed by atoms with Gasteiger partial charge in [0.1, 0.15) is 72.8 Å². The largest absolute Gasteiger partial charge is 0.445 e. The topological polar surface area (TPSA) is 417 Å². The van der Waals surface area contributed by atoms with Crippen LogP contribution in [0.15, 0.2) is 170 Å². The molecule has 8 rings (SSSR count). The number of hydrogen-bond donors (Lipinski definition) is 9. The molecule has 36 heteroatoms. The first kappa shape index (κ1) is 116. The van der Waals surface area contributed by atoms with E-state index in [9.17, 15) is 95.7 Å². The monoisotopic (exact) mass is 1980 g/mol. The molecule has 0 heterocycles. The lowest BCUT2D eigenvalue weighted by Crippen LogP contribution is -2.56. The predicted octanol–water partition coefficient (Wildman–Crippen LogP) is 14.1. The highest BCUT2D eigenvalue weighted by Crippen LogP contribution is 2.30. The molecule has 3 unspecified atom stereocenters. The number of aliphatic hydroxyl groups excluding tert-OH is 3. The van der Waals surface area contributed by atoms with Gasteiger partial charge < -0.3 is 77.4 Å². The van der Waals surface area contributed by atoms with E-state index in [2.05, 4.69) is 16.0 Å². The fourth-order valence-electron chi connectivity index (χ4n) is 15.8. The summed E-state index contributed by atoms with van der Waals surface area (Å²) in [6.07, 6.45) is 1.72. The van der Waals surface area contributed by atoms with Crippen molar-refractivity contribution >= 4 is 65.5 Å². The number of benzene rings is 7. The van der Waals surface area contributed by atoms with Crippen molar-refractivity contribution in [2.45, 2.75) is 287 Å². The lowest BCUT2D eigenvalue weighted by atomic mass is 10.0. The van der Waals surface area contributed by atoms with Crippen LogP contribution in [0.2, 0.25) is 0 Å². The van der Waals surface area contributed by atoms with Crippen molar-refractivity contribution in [3.8, 4) is 0 Å². The summed E-state index contributed by atoms with van der Waals surface area (Å²) in [5, 5.41) is 38.5. The molecule has 6 amide bonds. The van der Waals surface area contributed by atoms with Crippen LogP contribution in [0, 0.1) is 40.8 Å². The molecule has 12 N–H and O–H groups in total. The van der Waals surface area contributed by atoms with Crippen LogP contribution < -0.4 is 33.2 Å². The molecule has 1 aliphatic rings. The van der Waals surface area contributed by atoms with Crippen LogP contribution in [0.5, 0.6) is 0 Å². The third-order valence-electron chi connectivity index (χ3n) is 23.3. The summed E-state index contributed by atoms with van der Waals surface area (Å²) in [6.45, 7) is 16.2. The van der Waals surface area contributed by atoms with Crippen molar-refractivity contribution in [3.63, 3.8) is 0 Å². The summed E-state index contributed by atoms with van der Waals surface area (Å²) in [5.41, 5.74) is 23.2. The maximum atomic E-state index is 14.4. The quantitative estimate of drug-likeness (QED) is 0.0126. The number of carbonyl (C=O) groups excluding carboxylic acids is 6. The highest BCUT2D eigenvalue weighted by Gasteiger charge is 2.43. The number of nitrogens with zero attached hydrogens (tertiary/aromatic N) is 3. The number of alkyl carbamates (subject to hydrolysis) is 3. The Bertz CT molecular complexity index is 5160. The summed E-state index contributed by atoms with van der Waals surface area (Å²) < 4.78 is 180. The van der Waals surface area contributed by atoms with Gasteiger partial charge in [-0.15, -0.1) is 0 Å². The Balaban J connectivity index is 0.000000316.